The molecule has 1 aromatic carbocycles. The van der Waals surface area contributed by atoms with Crippen LogP contribution in [0.5, 0.6) is 0 Å². The monoisotopic (exact) mass is 347 g/mol. The van der Waals surface area contributed by atoms with Crippen molar-refractivity contribution in [3.05, 3.63) is 33.0 Å². The van der Waals surface area contributed by atoms with E-state index < -0.39 is 11.4 Å². The topological polar surface area (TPSA) is 43.1 Å². The van der Waals surface area contributed by atoms with E-state index in [-0.39, 0.29) is 22.8 Å². The van der Waals surface area contributed by atoms with E-state index in [1.54, 1.807) is 6.07 Å². The number of carbonyl (C=O) groups is 1. The van der Waals surface area contributed by atoms with Gasteiger partial charge in [-0.25, -0.2) is 4.39 Å². The first-order valence-electron chi connectivity index (χ1n) is 6.38. The lowest BCUT2D eigenvalue weighted by Gasteiger charge is -2.32. The van der Waals surface area contributed by atoms with E-state index >= 15 is 0 Å². The van der Waals surface area contributed by atoms with Crippen molar-refractivity contribution in [1.29, 1.82) is 0 Å². The van der Waals surface area contributed by atoms with Crippen LogP contribution in [-0.2, 0) is 0 Å². The number of rotatable bonds is 3. The van der Waals surface area contributed by atoms with Crippen molar-refractivity contribution < 1.29 is 9.18 Å². The van der Waals surface area contributed by atoms with E-state index in [2.05, 4.69) is 15.9 Å². The molecule has 0 spiro atoms. The summed E-state index contributed by atoms with van der Waals surface area (Å²) in [6.07, 6.45) is 5.06. The summed E-state index contributed by atoms with van der Waals surface area (Å²) in [7, 11) is 0. The van der Waals surface area contributed by atoms with Gasteiger partial charge in [-0.3, -0.25) is 4.79 Å². The van der Waals surface area contributed by atoms with Gasteiger partial charge in [-0.05, 0) is 40.9 Å². The van der Waals surface area contributed by atoms with Crippen LogP contribution < -0.4 is 5.73 Å². The first-order valence-corrected chi connectivity index (χ1v) is 7.56. The van der Waals surface area contributed by atoms with Gasteiger partial charge in [0, 0.05) is 16.4 Å². The Morgan fingerprint density at radius 3 is 2.63 bits per heavy atom. The summed E-state index contributed by atoms with van der Waals surface area (Å²) in [5, 5.41) is -0.0550. The van der Waals surface area contributed by atoms with Gasteiger partial charge in [0.2, 0.25) is 0 Å². The van der Waals surface area contributed by atoms with Crippen LogP contribution >= 0.6 is 27.5 Å². The number of ketones is 1. The average molecular weight is 349 g/mol. The van der Waals surface area contributed by atoms with Crippen molar-refractivity contribution in [3.63, 3.8) is 0 Å². The van der Waals surface area contributed by atoms with Gasteiger partial charge in [-0.2, -0.15) is 0 Å². The number of halogens is 3. The fraction of sp³-hybridized carbons (Fsp3) is 0.500. The molecule has 5 heteroatoms. The molecule has 0 aliphatic heterocycles. The van der Waals surface area contributed by atoms with E-state index in [1.807, 2.05) is 0 Å². The first-order chi connectivity index (χ1) is 8.93. The van der Waals surface area contributed by atoms with Gasteiger partial charge < -0.3 is 5.73 Å². The van der Waals surface area contributed by atoms with Gasteiger partial charge in [0.25, 0.3) is 0 Å². The highest BCUT2D eigenvalue weighted by molar-refractivity contribution is 9.10. The maximum atomic E-state index is 14.0. The van der Waals surface area contributed by atoms with Gasteiger partial charge in [0.05, 0.1) is 10.6 Å². The summed E-state index contributed by atoms with van der Waals surface area (Å²) < 4.78 is 14.4. The van der Waals surface area contributed by atoms with Crippen LogP contribution in [0, 0.1) is 5.82 Å². The van der Waals surface area contributed by atoms with Crippen LogP contribution in [0.15, 0.2) is 16.6 Å². The molecule has 1 aliphatic rings. The summed E-state index contributed by atoms with van der Waals surface area (Å²) in [4.78, 5) is 12.2. The minimum Gasteiger partial charge on any atom is -0.325 e. The normalized spacial score (nSPS) is 18.3. The minimum atomic E-state index is -0.666. The Labute approximate surface area is 125 Å². The zero-order valence-electron chi connectivity index (χ0n) is 10.5. The Hall–Kier alpha value is -0.450. The van der Waals surface area contributed by atoms with Crippen molar-refractivity contribution in [2.45, 2.75) is 44.1 Å². The van der Waals surface area contributed by atoms with Gasteiger partial charge in [0.15, 0.2) is 11.6 Å². The van der Waals surface area contributed by atoms with Crippen LogP contribution in [0.4, 0.5) is 4.39 Å². The zero-order valence-corrected chi connectivity index (χ0v) is 12.9. The molecule has 0 radical (unpaired) electrons. The second-order valence-corrected chi connectivity index (χ2v) is 6.48. The largest absolute Gasteiger partial charge is 0.325 e. The van der Waals surface area contributed by atoms with E-state index in [1.165, 1.54) is 6.07 Å². The second-order valence-electron chi connectivity index (χ2n) is 5.25. The van der Waals surface area contributed by atoms with E-state index in [9.17, 15) is 9.18 Å². The Kier molecular flexibility index (Phi) is 4.64. The summed E-state index contributed by atoms with van der Waals surface area (Å²) in [5.41, 5.74) is 5.78. The minimum absolute atomic E-state index is 0.0311. The lowest BCUT2D eigenvalue weighted by atomic mass is 9.78. The zero-order chi connectivity index (χ0) is 14.0. The standard InChI is InChI=1S/C14H16BrClFNO/c15-10-5-4-9(13(17)12(10)16)11(19)8-14(18)6-2-1-3-7-14/h4-5H,1-3,6-8,18H2. The maximum absolute atomic E-state index is 14.0. The summed E-state index contributed by atoms with van der Waals surface area (Å²) in [5.74, 6) is -0.934. The Morgan fingerprint density at radius 2 is 2.00 bits per heavy atom. The molecule has 1 aliphatic carbocycles. The van der Waals surface area contributed by atoms with Crippen molar-refractivity contribution >= 4 is 33.3 Å². The number of hydrogen-bond donors (Lipinski definition) is 1. The van der Waals surface area contributed by atoms with Crippen molar-refractivity contribution in [2.75, 3.05) is 0 Å². The van der Waals surface area contributed by atoms with Crippen LogP contribution in [0.3, 0.4) is 0 Å². The molecule has 0 bridgehead atoms. The fourth-order valence-corrected chi connectivity index (χ4v) is 3.06. The molecule has 0 atom stereocenters. The third-order valence-corrected chi connectivity index (χ3v) is 4.96. The predicted molar refractivity (Wildman–Crippen MR) is 78.1 cm³/mol. The molecule has 0 unspecified atom stereocenters. The SMILES string of the molecule is NC1(CC(=O)c2ccc(Br)c(Cl)c2F)CCCCC1. The maximum Gasteiger partial charge on any atom is 0.167 e. The van der Waals surface area contributed by atoms with Crippen molar-refractivity contribution in [1.82, 2.24) is 0 Å². The molecular weight excluding hydrogens is 333 g/mol. The highest BCUT2D eigenvalue weighted by atomic mass is 79.9. The van der Waals surface area contributed by atoms with Gasteiger partial charge in [-0.1, -0.05) is 30.9 Å². The quantitative estimate of drug-likeness (QED) is 0.646. The average Bonchev–Trinajstić information content (AvgIpc) is 2.36. The molecule has 19 heavy (non-hydrogen) atoms. The van der Waals surface area contributed by atoms with E-state index in [0.29, 0.717) is 4.47 Å². The second kappa shape index (κ2) is 5.90. The first kappa shape index (κ1) is 14.9. The highest BCUT2D eigenvalue weighted by Crippen LogP contribution is 2.32. The fourth-order valence-electron chi connectivity index (χ4n) is 2.59. The summed E-state index contributed by atoms with van der Waals surface area (Å²) in [6, 6.07) is 3.04. The molecule has 2 N–H and O–H groups in total. The van der Waals surface area contributed by atoms with Crippen LogP contribution in [-0.4, -0.2) is 11.3 Å². The van der Waals surface area contributed by atoms with Crippen LogP contribution in [0.1, 0.15) is 48.9 Å². The lowest BCUT2D eigenvalue weighted by molar-refractivity contribution is 0.0930. The van der Waals surface area contributed by atoms with Crippen LogP contribution in [0.25, 0.3) is 0 Å². The third kappa shape index (κ3) is 3.36. The lowest BCUT2D eigenvalue weighted by Crippen LogP contribution is -2.43. The molecule has 0 aromatic heterocycles. The molecule has 2 nitrogen and oxygen atoms in total. The highest BCUT2D eigenvalue weighted by Gasteiger charge is 2.31. The van der Waals surface area contributed by atoms with E-state index in [4.69, 9.17) is 17.3 Å². The number of hydrogen-bond acceptors (Lipinski definition) is 2. The molecule has 0 saturated heterocycles. The predicted octanol–water partition coefficient (Wildman–Crippen LogP) is 4.48. The molecule has 1 aromatic rings. The molecular formula is C14H16BrClFNO. The number of carbonyl (C=O) groups excluding carboxylic acids is 1. The van der Waals surface area contributed by atoms with Gasteiger partial charge in [-0.15, -0.1) is 0 Å². The Balaban J connectivity index is 2.18. The molecule has 1 saturated carbocycles. The Morgan fingerprint density at radius 1 is 1.37 bits per heavy atom. The van der Waals surface area contributed by atoms with Crippen LogP contribution in [0.2, 0.25) is 5.02 Å². The molecule has 0 heterocycles. The molecule has 1 fully saturated rings. The molecule has 104 valence electrons. The number of nitrogens with two attached hydrogens (primary N) is 1. The third-order valence-electron chi connectivity index (χ3n) is 3.70. The number of Topliss-reactive ketones (excluding diaryl/α,β-unsaturated/α-hetero) is 1. The van der Waals surface area contributed by atoms with Crippen molar-refractivity contribution in [2.24, 2.45) is 5.73 Å². The van der Waals surface area contributed by atoms with E-state index in [0.717, 1.165) is 32.1 Å². The summed E-state index contributed by atoms with van der Waals surface area (Å²) in [6.45, 7) is 0. The smallest absolute Gasteiger partial charge is 0.167 e. The van der Waals surface area contributed by atoms with Gasteiger partial charge in [0.1, 0.15) is 0 Å². The molecule has 2 rings (SSSR count). The molecule has 0 amide bonds. The Bertz CT molecular complexity index is 500. The van der Waals surface area contributed by atoms with Crippen molar-refractivity contribution in [3.8, 4) is 0 Å². The summed E-state index contributed by atoms with van der Waals surface area (Å²) >= 11 is 8.93. The number of benzene rings is 1. The van der Waals surface area contributed by atoms with Gasteiger partial charge >= 0.3 is 0 Å².